The molecule has 2 rings (SSSR count). The zero-order valence-electron chi connectivity index (χ0n) is 11.3. The maximum atomic E-state index is 11.7. The Morgan fingerprint density at radius 3 is 3.00 bits per heavy atom. The van der Waals surface area contributed by atoms with Gasteiger partial charge in [-0.25, -0.2) is 14.8 Å². The molecule has 0 spiro atoms. The van der Waals surface area contributed by atoms with Crippen LogP contribution in [0.3, 0.4) is 0 Å². The minimum absolute atomic E-state index is 0.305. The molecule has 0 saturated heterocycles. The Kier molecular flexibility index (Phi) is 4.52. The maximum absolute atomic E-state index is 11.7. The zero-order valence-corrected chi connectivity index (χ0v) is 12.2. The van der Waals surface area contributed by atoms with Crippen molar-refractivity contribution in [1.29, 1.82) is 0 Å². The van der Waals surface area contributed by atoms with Crippen molar-refractivity contribution in [3.63, 3.8) is 0 Å². The third-order valence-electron chi connectivity index (χ3n) is 2.52. The largest absolute Gasteiger partial charge is 0.462 e. The standard InChI is InChI=1S/C13H16N4O2S/c1-3-19-13(18)9-4-11(15-5-10(9)14)16-6-12-17-8(2)7-20-12/h4-5,7H,3,6,14H2,1-2H3,(H,15,16). The van der Waals surface area contributed by atoms with Gasteiger partial charge in [0.1, 0.15) is 10.8 Å². The summed E-state index contributed by atoms with van der Waals surface area (Å²) < 4.78 is 4.95. The molecular weight excluding hydrogens is 276 g/mol. The first-order valence-electron chi connectivity index (χ1n) is 6.17. The number of ether oxygens (including phenoxy) is 1. The number of thiazole rings is 1. The number of carbonyl (C=O) groups excluding carboxylic acids is 1. The predicted molar refractivity (Wildman–Crippen MR) is 78.8 cm³/mol. The monoisotopic (exact) mass is 292 g/mol. The van der Waals surface area contributed by atoms with Crippen molar-refractivity contribution in [2.24, 2.45) is 0 Å². The van der Waals surface area contributed by atoms with Gasteiger partial charge in [0.25, 0.3) is 0 Å². The average molecular weight is 292 g/mol. The van der Waals surface area contributed by atoms with Gasteiger partial charge in [-0.15, -0.1) is 11.3 Å². The smallest absolute Gasteiger partial charge is 0.340 e. The maximum Gasteiger partial charge on any atom is 0.340 e. The molecule has 7 heteroatoms. The molecule has 0 aliphatic heterocycles. The Morgan fingerprint density at radius 2 is 2.35 bits per heavy atom. The molecule has 0 aliphatic carbocycles. The molecule has 106 valence electrons. The van der Waals surface area contributed by atoms with Gasteiger partial charge in [0.15, 0.2) is 0 Å². The summed E-state index contributed by atoms with van der Waals surface area (Å²) in [6.07, 6.45) is 1.45. The van der Waals surface area contributed by atoms with Gasteiger partial charge in [-0.1, -0.05) is 0 Å². The highest BCUT2D eigenvalue weighted by Crippen LogP contribution is 2.17. The lowest BCUT2D eigenvalue weighted by atomic mass is 10.2. The summed E-state index contributed by atoms with van der Waals surface area (Å²) in [6.45, 7) is 4.55. The van der Waals surface area contributed by atoms with Crippen molar-refractivity contribution in [2.75, 3.05) is 17.7 Å². The molecule has 2 aromatic rings. The van der Waals surface area contributed by atoms with Crippen molar-refractivity contribution >= 4 is 28.8 Å². The van der Waals surface area contributed by atoms with Crippen LogP contribution in [0.15, 0.2) is 17.6 Å². The number of pyridine rings is 1. The zero-order chi connectivity index (χ0) is 14.5. The highest BCUT2D eigenvalue weighted by Gasteiger charge is 2.12. The molecular formula is C13H16N4O2S. The predicted octanol–water partition coefficient (Wildman–Crippen LogP) is 2.22. The third-order valence-corrected chi connectivity index (χ3v) is 3.48. The first-order chi connectivity index (χ1) is 9.60. The average Bonchev–Trinajstić information content (AvgIpc) is 2.84. The van der Waals surface area contributed by atoms with Crippen LogP contribution in [0.2, 0.25) is 0 Å². The summed E-state index contributed by atoms with van der Waals surface area (Å²) in [7, 11) is 0. The van der Waals surface area contributed by atoms with Crippen LogP contribution in [0, 0.1) is 6.92 Å². The molecule has 0 radical (unpaired) electrons. The fourth-order valence-electron chi connectivity index (χ4n) is 1.60. The van der Waals surface area contributed by atoms with Crippen LogP contribution < -0.4 is 11.1 Å². The second kappa shape index (κ2) is 6.33. The van der Waals surface area contributed by atoms with E-state index in [1.54, 1.807) is 24.3 Å². The van der Waals surface area contributed by atoms with Gasteiger partial charge in [0, 0.05) is 11.1 Å². The number of hydrogen-bond acceptors (Lipinski definition) is 7. The number of aromatic nitrogens is 2. The first-order valence-corrected chi connectivity index (χ1v) is 7.05. The van der Waals surface area contributed by atoms with E-state index in [4.69, 9.17) is 10.5 Å². The molecule has 0 aromatic carbocycles. The highest BCUT2D eigenvalue weighted by atomic mass is 32.1. The van der Waals surface area contributed by atoms with E-state index in [9.17, 15) is 4.79 Å². The van der Waals surface area contributed by atoms with Gasteiger partial charge in [-0.2, -0.15) is 0 Å². The Labute approximate surface area is 121 Å². The van der Waals surface area contributed by atoms with Crippen molar-refractivity contribution in [1.82, 2.24) is 9.97 Å². The van der Waals surface area contributed by atoms with Crippen molar-refractivity contribution in [2.45, 2.75) is 20.4 Å². The quantitative estimate of drug-likeness (QED) is 0.821. The van der Waals surface area contributed by atoms with Gasteiger partial charge in [-0.3, -0.25) is 0 Å². The minimum Gasteiger partial charge on any atom is -0.462 e. The van der Waals surface area contributed by atoms with Crippen molar-refractivity contribution in [3.05, 3.63) is 33.9 Å². The SMILES string of the molecule is CCOC(=O)c1cc(NCc2nc(C)cs2)ncc1N. The molecule has 0 saturated carbocycles. The number of nitrogen functional groups attached to an aromatic ring is 1. The number of hydrogen-bond donors (Lipinski definition) is 2. The van der Waals surface area contributed by atoms with Crippen LogP contribution in [-0.2, 0) is 11.3 Å². The van der Waals surface area contributed by atoms with E-state index in [0.717, 1.165) is 10.7 Å². The first kappa shape index (κ1) is 14.3. The molecule has 0 bridgehead atoms. The molecule has 2 aromatic heterocycles. The van der Waals surface area contributed by atoms with E-state index in [1.165, 1.54) is 6.20 Å². The molecule has 0 amide bonds. The van der Waals surface area contributed by atoms with Crippen LogP contribution >= 0.6 is 11.3 Å². The second-order valence-electron chi connectivity index (χ2n) is 4.11. The van der Waals surface area contributed by atoms with E-state index in [1.807, 2.05) is 12.3 Å². The number of rotatable bonds is 5. The molecule has 3 N–H and O–H groups in total. The summed E-state index contributed by atoms with van der Waals surface area (Å²) in [6, 6.07) is 1.59. The van der Waals surface area contributed by atoms with Crippen LogP contribution in [0.4, 0.5) is 11.5 Å². The van der Waals surface area contributed by atoms with E-state index in [-0.39, 0.29) is 0 Å². The summed E-state index contributed by atoms with van der Waals surface area (Å²) in [5, 5.41) is 6.05. The Morgan fingerprint density at radius 1 is 1.55 bits per heavy atom. The van der Waals surface area contributed by atoms with Gasteiger partial charge in [0.2, 0.25) is 0 Å². The third kappa shape index (κ3) is 3.45. The molecule has 0 fully saturated rings. The van der Waals surface area contributed by atoms with E-state index in [0.29, 0.717) is 30.2 Å². The second-order valence-corrected chi connectivity index (χ2v) is 5.06. The highest BCUT2D eigenvalue weighted by molar-refractivity contribution is 7.09. The van der Waals surface area contributed by atoms with E-state index < -0.39 is 5.97 Å². The molecule has 2 heterocycles. The summed E-state index contributed by atoms with van der Waals surface area (Å²) in [5.74, 6) is 0.121. The van der Waals surface area contributed by atoms with E-state index in [2.05, 4.69) is 15.3 Å². The van der Waals surface area contributed by atoms with Crippen LogP contribution in [0.25, 0.3) is 0 Å². The number of carbonyl (C=O) groups is 1. The van der Waals surface area contributed by atoms with Gasteiger partial charge >= 0.3 is 5.97 Å². The molecule has 0 aliphatic rings. The number of anilines is 2. The molecule has 0 atom stereocenters. The minimum atomic E-state index is -0.444. The topological polar surface area (TPSA) is 90.1 Å². The van der Waals surface area contributed by atoms with Crippen LogP contribution in [0.1, 0.15) is 28.0 Å². The van der Waals surface area contributed by atoms with Crippen molar-refractivity contribution < 1.29 is 9.53 Å². The molecule has 6 nitrogen and oxygen atoms in total. The number of esters is 1. The van der Waals surface area contributed by atoms with Crippen molar-refractivity contribution in [3.8, 4) is 0 Å². The lowest BCUT2D eigenvalue weighted by Crippen LogP contribution is -2.10. The summed E-state index contributed by atoms with van der Waals surface area (Å²) >= 11 is 1.57. The number of nitrogens with one attached hydrogen (secondary N) is 1. The number of aryl methyl sites for hydroxylation is 1. The van der Waals surface area contributed by atoms with Gasteiger partial charge in [0.05, 0.1) is 30.6 Å². The Hall–Kier alpha value is -2.15. The molecule has 0 unspecified atom stereocenters. The lowest BCUT2D eigenvalue weighted by molar-refractivity contribution is 0.0527. The normalized spacial score (nSPS) is 10.3. The van der Waals surface area contributed by atoms with E-state index >= 15 is 0 Å². The number of nitrogens with zero attached hydrogens (tertiary/aromatic N) is 2. The lowest BCUT2D eigenvalue weighted by Gasteiger charge is -2.08. The summed E-state index contributed by atoms with van der Waals surface area (Å²) in [5.41, 5.74) is 7.34. The molecule has 20 heavy (non-hydrogen) atoms. The fraction of sp³-hybridized carbons (Fsp3) is 0.308. The fourth-order valence-corrected chi connectivity index (χ4v) is 2.31. The summed E-state index contributed by atoms with van der Waals surface area (Å²) in [4.78, 5) is 20.2. The van der Waals surface area contributed by atoms with Gasteiger partial charge < -0.3 is 15.8 Å². The number of nitrogens with two attached hydrogens (primary N) is 1. The van der Waals surface area contributed by atoms with Gasteiger partial charge in [-0.05, 0) is 19.9 Å². The Balaban J connectivity index is 2.08. The van der Waals surface area contributed by atoms with Crippen LogP contribution in [-0.4, -0.2) is 22.5 Å². The Bertz CT molecular complexity index is 612. The van der Waals surface area contributed by atoms with Crippen LogP contribution in [0.5, 0.6) is 0 Å².